The van der Waals surface area contributed by atoms with Gasteiger partial charge in [-0.25, -0.2) is 13.1 Å². The lowest BCUT2D eigenvalue weighted by Crippen LogP contribution is -2.65. The van der Waals surface area contributed by atoms with Crippen LogP contribution < -0.4 is 15.4 Å². The van der Waals surface area contributed by atoms with Crippen molar-refractivity contribution in [3.05, 3.63) is 77.4 Å². The molecule has 11 heteroatoms. The second-order valence-corrected chi connectivity index (χ2v) is 11.4. The molecule has 0 aliphatic carbocycles. The molecule has 0 aromatic heterocycles. The van der Waals surface area contributed by atoms with E-state index in [9.17, 15) is 18.0 Å². The summed E-state index contributed by atoms with van der Waals surface area (Å²) in [6.45, 7) is 2.18. The molecule has 3 aliphatic heterocycles. The number of morpholine rings is 1. The molecule has 3 N–H and O–H groups in total. The van der Waals surface area contributed by atoms with Crippen LogP contribution in [0.4, 0.5) is 0 Å². The smallest absolute Gasteiger partial charge is 0.259 e. The maximum absolute atomic E-state index is 14.1. The Morgan fingerprint density at radius 1 is 1.03 bits per heavy atom. The fourth-order valence-corrected chi connectivity index (χ4v) is 6.04. The third-order valence-electron chi connectivity index (χ3n) is 7.09. The summed E-state index contributed by atoms with van der Waals surface area (Å²) in [5.74, 6) is -0.596. The topological polar surface area (TPSA) is 126 Å². The van der Waals surface area contributed by atoms with Gasteiger partial charge < -0.3 is 25.0 Å². The van der Waals surface area contributed by atoms with E-state index in [1.54, 1.807) is 23.1 Å². The molecule has 38 heavy (non-hydrogen) atoms. The van der Waals surface area contributed by atoms with Crippen LogP contribution in [0.1, 0.15) is 21.5 Å². The fourth-order valence-electron chi connectivity index (χ4n) is 5.02. The highest BCUT2D eigenvalue weighted by atomic mass is 32.2. The minimum absolute atomic E-state index is 0.00297. The van der Waals surface area contributed by atoms with Crippen LogP contribution in [0.15, 0.2) is 65.6 Å². The molecule has 1 saturated heterocycles. The van der Waals surface area contributed by atoms with Crippen LogP contribution in [-0.4, -0.2) is 82.8 Å². The SMILES string of the molecule is O=C1NCC2Cc3ccccc3CN2C(=O)C2(CNCCO2)COC/C=C/CNS(=O)(=O)c2cccc1c2. The van der Waals surface area contributed by atoms with Crippen molar-refractivity contribution in [1.82, 2.24) is 20.3 Å². The number of hydrogen-bond donors (Lipinski definition) is 3. The number of fused-ring (bicyclic) bond motifs is 4. The van der Waals surface area contributed by atoms with Gasteiger partial charge >= 0.3 is 0 Å². The summed E-state index contributed by atoms with van der Waals surface area (Å²) >= 11 is 0. The summed E-state index contributed by atoms with van der Waals surface area (Å²) in [5.41, 5.74) is 1.19. The molecule has 202 valence electrons. The van der Waals surface area contributed by atoms with E-state index in [4.69, 9.17) is 9.47 Å². The summed E-state index contributed by atoms with van der Waals surface area (Å²) in [6, 6.07) is 13.5. The maximum atomic E-state index is 14.1. The molecule has 2 aromatic rings. The van der Waals surface area contributed by atoms with E-state index in [1.807, 2.05) is 24.3 Å². The lowest BCUT2D eigenvalue weighted by atomic mass is 9.91. The molecule has 0 radical (unpaired) electrons. The first-order valence-electron chi connectivity index (χ1n) is 12.7. The number of benzene rings is 2. The van der Waals surface area contributed by atoms with Crippen molar-refractivity contribution in [3.8, 4) is 0 Å². The predicted octanol–water partition coefficient (Wildman–Crippen LogP) is 0.593. The molecule has 10 nitrogen and oxygen atoms in total. The molecule has 2 unspecified atom stereocenters. The van der Waals surface area contributed by atoms with E-state index in [1.165, 1.54) is 18.2 Å². The van der Waals surface area contributed by atoms with Crippen molar-refractivity contribution in [1.29, 1.82) is 0 Å². The number of rotatable bonds is 0. The third kappa shape index (κ3) is 5.67. The number of amides is 2. The van der Waals surface area contributed by atoms with Gasteiger partial charge in [-0.3, -0.25) is 9.59 Å². The van der Waals surface area contributed by atoms with Gasteiger partial charge in [0.2, 0.25) is 10.0 Å². The molecule has 3 heterocycles. The van der Waals surface area contributed by atoms with E-state index in [-0.39, 0.29) is 48.7 Å². The molecule has 5 rings (SSSR count). The number of sulfonamides is 1. The van der Waals surface area contributed by atoms with Gasteiger partial charge in [0.05, 0.1) is 30.8 Å². The zero-order chi connectivity index (χ0) is 26.6. The Hall–Kier alpha value is -3.09. The predicted molar refractivity (Wildman–Crippen MR) is 140 cm³/mol. The number of carbonyl (C=O) groups excluding carboxylic acids is 2. The number of carbonyl (C=O) groups is 2. The van der Waals surface area contributed by atoms with Crippen molar-refractivity contribution in [2.24, 2.45) is 0 Å². The van der Waals surface area contributed by atoms with Gasteiger partial charge in [0, 0.05) is 38.3 Å². The number of ether oxygens (including phenoxy) is 2. The van der Waals surface area contributed by atoms with Gasteiger partial charge in [0.15, 0.2) is 5.60 Å². The first-order valence-corrected chi connectivity index (χ1v) is 14.2. The standard InChI is InChI=1S/C27H32N4O6S/c32-25-21-8-5-9-24(15-21)38(34,35)30-10-3-4-12-36-19-27(18-28-11-13-37-27)26(33)31-17-22-7-2-1-6-20(22)14-23(31)16-29-25/h1-9,15,23,28,30H,10-14,16-19H2,(H,29,32)/b4-3+. The molecule has 0 saturated carbocycles. The lowest BCUT2D eigenvalue weighted by molar-refractivity contribution is -0.174. The second-order valence-electron chi connectivity index (χ2n) is 9.66. The van der Waals surface area contributed by atoms with Crippen molar-refractivity contribution >= 4 is 21.8 Å². The van der Waals surface area contributed by atoms with E-state index in [2.05, 4.69) is 15.4 Å². The van der Waals surface area contributed by atoms with Gasteiger partial charge in [-0.2, -0.15) is 0 Å². The van der Waals surface area contributed by atoms with E-state index < -0.39 is 21.5 Å². The van der Waals surface area contributed by atoms with E-state index in [0.29, 0.717) is 32.7 Å². The van der Waals surface area contributed by atoms with Crippen LogP contribution in [-0.2, 0) is 37.3 Å². The minimum atomic E-state index is -3.81. The summed E-state index contributed by atoms with van der Waals surface area (Å²) in [7, 11) is -3.81. The summed E-state index contributed by atoms with van der Waals surface area (Å²) in [4.78, 5) is 29.0. The highest BCUT2D eigenvalue weighted by Crippen LogP contribution is 2.28. The fraction of sp³-hybridized carbons (Fsp3) is 0.407. The van der Waals surface area contributed by atoms with Crippen molar-refractivity contribution in [2.45, 2.75) is 29.5 Å². The molecule has 2 atom stereocenters. The molecule has 2 amide bonds. The first kappa shape index (κ1) is 26.5. The molecular formula is C27H32N4O6S. The average Bonchev–Trinajstić information content (AvgIpc) is 2.94. The Balaban J connectivity index is 1.48. The molecule has 1 fully saturated rings. The van der Waals surface area contributed by atoms with Gasteiger partial charge in [0.25, 0.3) is 11.8 Å². The average molecular weight is 541 g/mol. The monoisotopic (exact) mass is 540 g/mol. The minimum Gasteiger partial charge on any atom is -0.374 e. The molecular weight excluding hydrogens is 508 g/mol. The van der Waals surface area contributed by atoms with E-state index in [0.717, 1.165) is 11.1 Å². The van der Waals surface area contributed by atoms with Crippen LogP contribution >= 0.6 is 0 Å². The summed E-state index contributed by atoms with van der Waals surface area (Å²) < 4.78 is 39.9. The van der Waals surface area contributed by atoms with Crippen LogP contribution in [0.5, 0.6) is 0 Å². The summed E-state index contributed by atoms with van der Waals surface area (Å²) in [6.07, 6.45) is 3.90. The number of nitrogens with zero attached hydrogens (tertiary/aromatic N) is 1. The second kappa shape index (κ2) is 11.3. The Morgan fingerprint density at radius 3 is 2.68 bits per heavy atom. The van der Waals surface area contributed by atoms with Crippen LogP contribution in [0.3, 0.4) is 0 Å². The molecule has 2 bridgehead atoms. The highest BCUT2D eigenvalue weighted by Gasteiger charge is 2.47. The van der Waals surface area contributed by atoms with Crippen LogP contribution in [0.25, 0.3) is 0 Å². The van der Waals surface area contributed by atoms with Crippen molar-refractivity contribution in [3.63, 3.8) is 0 Å². The van der Waals surface area contributed by atoms with Crippen LogP contribution in [0.2, 0.25) is 0 Å². The summed E-state index contributed by atoms with van der Waals surface area (Å²) in [5, 5.41) is 6.18. The van der Waals surface area contributed by atoms with Gasteiger partial charge in [-0.15, -0.1) is 0 Å². The lowest BCUT2D eigenvalue weighted by Gasteiger charge is -2.44. The maximum Gasteiger partial charge on any atom is 0.259 e. The molecule has 3 aliphatic rings. The first-order chi connectivity index (χ1) is 18.4. The van der Waals surface area contributed by atoms with Crippen LogP contribution in [0, 0.1) is 0 Å². The largest absolute Gasteiger partial charge is 0.374 e. The highest BCUT2D eigenvalue weighted by molar-refractivity contribution is 7.89. The Kier molecular flexibility index (Phi) is 7.91. The Morgan fingerprint density at radius 2 is 1.87 bits per heavy atom. The van der Waals surface area contributed by atoms with E-state index >= 15 is 0 Å². The molecule has 2 aromatic carbocycles. The number of nitrogens with one attached hydrogen (secondary N) is 3. The van der Waals surface area contributed by atoms with Crippen molar-refractivity contribution < 1.29 is 27.5 Å². The van der Waals surface area contributed by atoms with Gasteiger partial charge in [-0.05, 0) is 35.7 Å². The number of hydrogen-bond acceptors (Lipinski definition) is 7. The zero-order valence-electron chi connectivity index (χ0n) is 21.0. The molecule has 1 spiro atoms. The quantitative estimate of drug-likeness (QED) is 0.418. The third-order valence-corrected chi connectivity index (χ3v) is 8.51. The zero-order valence-corrected chi connectivity index (χ0v) is 21.8. The normalized spacial score (nSPS) is 27.4. The Labute approximate surface area is 222 Å². The Bertz CT molecular complexity index is 1320. The van der Waals surface area contributed by atoms with Gasteiger partial charge in [0.1, 0.15) is 0 Å². The van der Waals surface area contributed by atoms with Crippen molar-refractivity contribution in [2.75, 3.05) is 46.0 Å². The van der Waals surface area contributed by atoms with Gasteiger partial charge in [-0.1, -0.05) is 42.5 Å².